The summed E-state index contributed by atoms with van der Waals surface area (Å²) < 4.78 is 41.9. The van der Waals surface area contributed by atoms with Gasteiger partial charge in [0.05, 0.1) is 12.2 Å². The molecule has 16 heavy (non-hydrogen) atoms. The van der Waals surface area contributed by atoms with E-state index in [-0.39, 0.29) is 0 Å². The van der Waals surface area contributed by atoms with Crippen LogP contribution in [0.25, 0.3) is 0 Å². The Morgan fingerprint density at radius 2 is 1.75 bits per heavy atom. The minimum absolute atomic E-state index is 0.318. The van der Waals surface area contributed by atoms with E-state index in [4.69, 9.17) is 10.5 Å². The molecule has 0 aliphatic heterocycles. The van der Waals surface area contributed by atoms with Crippen molar-refractivity contribution in [3.63, 3.8) is 0 Å². The van der Waals surface area contributed by atoms with Crippen LogP contribution in [0.1, 0.15) is 17.5 Å². The van der Waals surface area contributed by atoms with Crippen molar-refractivity contribution in [1.29, 1.82) is 0 Å². The zero-order valence-electron chi connectivity index (χ0n) is 8.76. The van der Waals surface area contributed by atoms with Crippen LogP contribution in [0.5, 0.6) is 0 Å². The second-order valence-corrected chi connectivity index (χ2v) is 3.39. The van der Waals surface area contributed by atoms with Gasteiger partial charge in [0.15, 0.2) is 0 Å². The summed E-state index contributed by atoms with van der Waals surface area (Å²) in [5.74, 6) is 0. The Morgan fingerprint density at radius 3 is 2.25 bits per heavy atom. The molecule has 0 radical (unpaired) electrons. The normalized spacial score (nSPS) is 11.8. The van der Waals surface area contributed by atoms with Gasteiger partial charge in [0.1, 0.15) is 0 Å². The number of hydrogen-bond acceptors (Lipinski definition) is 2. The van der Waals surface area contributed by atoms with E-state index in [1.807, 2.05) is 0 Å². The van der Waals surface area contributed by atoms with E-state index in [0.29, 0.717) is 19.8 Å². The number of alkyl halides is 3. The minimum atomic E-state index is -4.28. The first kappa shape index (κ1) is 13.0. The van der Waals surface area contributed by atoms with Gasteiger partial charge in [-0.15, -0.1) is 0 Å². The zero-order valence-corrected chi connectivity index (χ0v) is 8.76. The van der Waals surface area contributed by atoms with Gasteiger partial charge in [-0.25, -0.2) is 0 Å². The van der Waals surface area contributed by atoms with E-state index in [1.165, 1.54) is 12.1 Å². The fourth-order valence-corrected chi connectivity index (χ4v) is 1.17. The molecule has 0 unspecified atom stereocenters. The molecule has 0 heterocycles. The Morgan fingerprint density at radius 1 is 1.12 bits per heavy atom. The van der Waals surface area contributed by atoms with Crippen molar-refractivity contribution in [2.24, 2.45) is 5.73 Å². The molecule has 0 saturated carbocycles. The van der Waals surface area contributed by atoms with Crippen molar-refractivity contribution >= 4 is 0 Å². The van der Waals surface area contributed by atoms with Gasteiger partial charge < -0.3 is 10.5 Å². The highest BCUT2D eigenvalue weighted by Gasteiger charge is 2.29. The molecule has 1 aromatic rings. The maximum Gasteiger partial charge on any atom is 0.416 e. The predicted molar refractivity (Wildman–Crippen MR) is 54.8 cm³/mol. The van der Waals surface area contributed by atoms with Crippen molar-refractivity contribution in [3.8, 4) is 0 Å². The highest BCUT2D eigenvalue weighted by atomic mass is 19.4. The lowest BCUT2D eigenvalue weighted by Gasteiger charge is -2.08. The molecular weight excluding hydrogens is 219 g/mol. The van der Waals surface area contributed by atoms with E-state index < -0.39 is 11.7 Å². The van der Waals surface area contributed by atoms with Crippen LogP contribution in [0.4, 0.5) is 13.2 Å². The third kappa shape index (κ3) is 4.20. The van der Waals surface area contributed by atoms with Gasteiger partial charge in [-0.1, -0.05) is 12.1 Å². The lowest BCUT2D eigenvalue weighted by atomic mass is 10.1. The monoisotopic (exact) mass is 233 g/mol. The summed E-state index contributed by atoms with van der Waals surface area (Å²) in [6, 6.07) is 4.96. The topological polar surface area (TPSA) is 35.2 Å². The summed E-state index contributed by atoms with van der Waals surface area (Å²) in [4.78, 5) is 0. The summed E-state index contributed by atoms with van der Waals surface area (Å²) in [6.07, 6.45) is -3.53. The van der Waals surface area contributed by atoms with Crippen LogP contribution in [0.3, 0.4) is 0 Å². The molecule has 0 bridgehead atoms. The second-order valence-electron chi connectivity index (χ2n) is 3.39. The zero-order chi connectivity index (χ0) is 12.0. The Balaban J connectivity index is 2.46. The second kappa shape index (κ2) is 5.86. The number of ether oxygens (including phenoxy) is 1. The SMILES string of the molecule is NCCCOCc1ccc(C(F)(F)F)cc1. The first-order chi connectivity index (χ1) is 7.54. The molecule has 2 nitrogen and oxygen atoms in total. The van der Waals surface area contributed by atoms with E-state index >= 15 is 0 Å². The van der Waals surface area contributed by atoms with Crippen molar-refractivity contribution in [3.05, 3.63) is 35.4 Å². The number of benzene rings is 1. The molecule has 90 valence electrons. The molecule has 0 aliphatic rings. The number of nitrogens with two attached hydrogens (primary N) is 1. The molecule has 1 aromatic carbocycles. The van der Waals surface area contributed by atoms with Crippen LogP contribution in [0.15, 0.2) is 24.3 Å². The summed E-state index contributed by atoms with van der Waals surface area (Å²) >= 11 is 0. The van der Waals surface area contributed by atoms with Crippen LogP contribution in [-0.2, 0) is 17.5 Å². The van der Waals surface area contributed by atoms with Crippen molar-refractivity contribution in [1.82, 2.24) is 0 Å². The maximum absolute atomic E-state index is 12.2. The molecule has 0 aromatic heterocycles. The van der Waals surface area contributed by atoms with Gasteiger partial charge in [0, 0.05) is 6.61 Å². The number of halogens is 3. The van der Waals surface area contributed by atoms with Gasteiger partial charge in [-0.2, -0.15) is 13.2 Å². The fraction of sp³-hybridized carbons (Fsp3) is 0.455. The highest BCUT2D eigenvalue weighted by Crippen LogP contribution is 2.29. The lowest BCUT2D eigenvalue weighted by molar-refractivity contribution is -0.137. The number of hydrogen-bond donors (Lipinski definition) is 1. The predicted octanol–water partition coefficient (Wildman–Crippen LogP) is 2.57. The summed E-state index contributed by atoms with van der Waals surface area (Å²) in [5.41, 5.74) is 5.36. The van der Waals surface area contributed by atoms with E-state index in [1.54, 1.807) is 0 Å². The largest absolute Gasteiger partial charge is 0.416 e. The average Bonchev–Trinajstić information content (AvgIpc) is 2.24. The van der Waals surface area contributed by atoms with Gasteiger partial charge in [0.2, 0.25) is 0 Å². The first-order valence-corrected chi connectivity index (χ1v) is 4.98. The van der Waals surface area contributed by atoms with Crippen LogP contribution in [0, 0.1) is 0 Å². The Kier molecular flexibility index (Phi) is 4.76. The first-order valence-electron chi connectivity index (χ1n) is 4.98. The molecule has 1 rings (SSSR count). The van der Waals surface area contributed by atoms with E-state index in [0.717, 1.165) is 24.1 Å². The highest BCUT2D eigenvalue weighted by molar-refractivity contribution is 5.24. The standard InChI is InChI=1S/C11H14F3NO/c12-11(13,14)10-4-2-9(3-5-10)8-16-7-1-6-15/h2-5H,1,6-8,15H2. The van der Waals surface area contributed by atoms with Crippen molar-refractivity contribution < 1.29 is 17.9 Å². The fourth-order valence-electron chi connectivity index (χ4n) is 1.17. The minimum Gasteiger partial charge on any atom is -0.377 e. The van der Waals surface area contributed by atoms with Crippen molar-refractivity contribution in [2.75, 3.05) is 13.2 Å². The van der Waals surface area contributed by atoms with Crippen molar-refractivity contribution in [2.45, 2.75) is 19.2 Å². The van der Waals surface area contributed by atoms with Crippen LogP contribution < -0.4 is 5.73 Å². The molecule has 0 amide bonds. The van der Waals surface area contributed by atoms with Gasteiger partial charge in [0.25, 0.3) is 0 Å². The van der Waals surface area contributed by atoms with Crippen LogP contribution in [-0.4, -0.2) is 13.2 Å². The molecule has 0 spiro atoms. The summed E-state index contributed by atoms with van der Waals surface area (Å²) in [5, 5.41) is 0. The molecule has 0 saturated heterocycles. The Labute approximate surface area is 92.2 Å². The Bertz CT molecular complexity index is 308. The average molecular weight is 233 g/mol. The molecule has 2 N–H and O–H groups in total. The van der Waals surface area contributed by atoms with Crippen LogP contribution >= 0.6 is 0 Å². The third-order valence-corrected chi connectivity index (χ3v) is 2.04. The maximum atomic E-state index is 12.2. The summed E-state index contributed by atoms with van der Waals surface area (Å²) in [7, 11) is 0. The third-order valence-electron chi connectivity index (χ3n) is 2.04. The Hall–Kier alpha value is -1.07. The number of rotatable bonds is 5. The summed E-state index contributed by atoms with van der Waals surface area (Å²) in [6.45, 7) is 1.39. The molecule has 0 aliphatic carbocycles. The van der Waals surface area contributed by atoms with Gasteiger partial charge >= 0.3 is 6.18 Å². The van der Waals surface area contributed by atoms with Gasteiger partial charge in [-0.05, 0) is 30.7 Å². The quantitative estimate of drug-likeness (QED) is 0.793. The smallest absolute Gasteiger partial charge is 0.377 e. The van der Waals surface area contributed by atoms with E-state index in [2.05, 4.69) is 0 Å². The van der Waals surface area contributed by atoms with Gasteiger partial charge in [-0.3, -0.25) is 0 Å². The molecule has 5 heteroatoms. The molecule has 0 fully saturated rings. The molecular formula is C11H14F3NO. The van der Waals surface area contributed by atoms with Crippen LogP contribution in [0.2, 0.25) is 0 Å². The van der Waals surface area contributed by atoms with E-state index in [9.17, 15) is 13.2 Å². The molecule has 0 atom stereocenters. The lowest BCUT2D eigenvalue weighted by Crippen LogP contribution is -2.06.